The molecular weight excluding hydrogens is 266 g/mol. The van der Waals surface area contributed by atoms with Gasteiger partial charge in [-0.05, 0) is 49.4 Å². The van der Waals surface area contributed by atoms with Crippen LogP contribution in [0.4, 0.5) is 5.69 Å². The van der Waals surface area contributed by atoms with E-state index in [9.17, 15) is 0 Å². The Balaban J connectivity index is 2.18. The van der Waals surface area contributed by atoms with Crippen LogP contribution in [0.15, 0.2) is 52.3 Å². The van der Waals surface area contributed by atoms with Crippen molar-refractivity contribution < 1.29 is 4.74 Å². The van der Waals surface area contributed by atoms with E-state index in [2.05, 4.69) is 0 Å². The zero-order valence-electron chi connectivity index (χ0n) is 10.0. The minimum atomic E-state index is 0.610. The van der Waals surface area contributed by atoms with E-state index in [-0.39, 0.29) is 0 Å². The van der Waals surface area contributed by atoms with Gasteiger partial charge in [0.2, 0.25) is 0 Å². The number of halogens is 1. The van der Waals surface area contributed by atoms with Gasteiger partial charge < -0.3 is 10.5 Å². The molecule has 0 radical (unpaired) electrons. The zero-order valence-corrected chi connectivity index (χ0v) is 11.6. The maximum atomic E-state index is 5.86. The summed E-state index contributed by atoms with van der Waals surface area (Å²) in [6, 6.07) is 13.5. The van der Waals surface area contributed by atoms with Crippen molar-refractivity contribution in [1.29, 1.82) is 0 Å². The lowest BCUT2D eigenvalue weighted by atomic mass is 10.3. The van der Waals surface area contributed by atoms with Crippen LogP contribution in [0.25, 0.3) is 0 Å². The molecule has 0 aromatic heterocycles. The van der Waals surface area contributed by atoms with Crippen LogP contribution in [0.3, 0.4) is 0 Å². The summed E-state index contributed by atoms with van der Waals surface area (Å²) in [6.07, 6.45) is 0. The minimum absolute atomic E-state index is 0.610. The average Bonchev–Trinajstić information content (AvgIpc) is 2.37. The lowest BCUT2D eigenvalue weighted by Crippen LogP contribution is -1.96. The Hall–Kier alpha value is -1.32. The third-order valence-electron chi connectivity index (χ3n) is 2.33. The van der Waals surface area contributed by atoms with Crippen LogP contribution < -0.4 is 10.5 Å². The van der Waals surface area contributed by atoms with Crippen molar-refractivity contribution in [3.63, 3.8) is 0 Å². The highest BCUT2D eigenvalue weighted by atomic mass is 35.5. The van der Waals surface area contributed by atoms with E-state index in [1.165, 1.54) is 0 Å². The fourth-order valence-electron chi connectivity index (χ4n) is 1.50. The molecule has 0 aliphatic heterocycles. The number of hydrogen-bond acceptors (Lipinski definition) is 3. The van der Waals surface area contributed by atoms with Crippen molar-refractivity contribution in [3.8, 4) is 5.75 Å². The Morgan fingerprint density at radius 3 is 2.44 bits per heavy atom. The molecule has 0 amide bonds. The van der Waals surface area contributed by atoms with Gasteiger partial charge in [-0.3, -0.25) is 0 Å². The Kier molecular flexibility index (Phi) is 4.39. The molecule has 0 saturated heterocycles. The van der Waals surface area contributed by atoms with E-state index in [1.54, 1.807) is 11.8 Å². The molecule has 94 valence electrons. The monoisotopic (exact) mass is 279 g/mol. The van der Waals surface area contributed by atoms with E-state index < -0.39 is 0 Å². The summed E-state index contributed by atoms with van der Waals surface area (Å²) in [5.74, 6) is 0.733. The second kappa shape index (κ2) is 6.03. The SMILES string of the molecule is CCOc1cc(Sc2ccc(Cl)cc2)ccc1N. The Labute approximate surface area is 116 Å². The summed E-state index contributed by atoms with van der Waals surface area (Å²) in [6.45, 7) is 2.55. The molecule has 2 aromatic carbocycles. The molecule has 0 saturated carbocycles. The Morgan fingerprint density at radius 2 is 1.78 bits per heavy atom. The van der Waals surface area contributed by atoms with Crippen LogP contribution in [0, 0.1) is 0 Å². The van der Waals surface area contributed by atoms with Crippen LogP contribution in [0.2, 0.25) is 5.02 Å². The number of anilines is 1. The first-order valence-electron chi connectivity index (χ1n) is 5.65. The highest BCUT2D eigenvalue weighted by molar-refractivity contribution is 7.99. The number of nitrogens with two attached hydrogens (primary N) is 1. The summed E-state index contributed by atoms with van der Waals surface area (Å²) in [4.78, 5) is 2.22. The quantitative estimate of drug-likeness (QED) is 0.839. The molecule has 0 spiro atoms. The molecule has 0 aliphatic rings. The van der Waals surface area contributed by atoms with Gasteiger partial charge in [-0.15, -0.1) is 0 Å². The second-order valence-electron chi connectivity index (χ2n) is 3.69. The van der Waals surface area contributed by atoms with E-state index in [1.807, 2.05) is 49.4 Å². The van der Waals surface area contributed by atoms with E-state index in [0.29, 0.717) is 12.3 Å². The van der Waals surface area contributed by atoms with Gasteiger partial charge in [-0.1, -0.05) is 23.4 Å². The summed E-state index contributed by atoms with van der Waals surface area (Å²) in [5, 5.41) is 0.742. The summed E-state index contributed by atoms with van der Waals surface area (Å²) >= 11 is 7.51. The van der Waals surface area contributed by atoms with Gasteiger partial charge in [0.1, 0.15) is 5.75 Å². The van der Waals surface area contributed by atoms with Crippen molar-refractivity contribution in [2.24, 2.45) is 0 Å². The van der Waals surface area contributed by atoms with Gasteiger partial charge in [0.15, 0.2) is 0 Å². The van der Waals surface area contributed by atoms with Gasteiger partial charge in [0.25, 0.3) is 0 Å². The summed E-state index contributed by atoms with van der Waals surface area (Å²) in [7, 11) is 0. The third-order valence-corrected chi connectivity index (χ3v) is 3.58. The predicted molar refractivity (Wildman–Crippen MR) is 77.6 cm³/mol. The maximum absolute atomic E-state index is 5.86. The molecule has 0 fully saturated rings. The van der Waals surface area contributed by atoms with E-state index in [0.717, 1.165) is 20.6 Å². The summed E-state index contributed by atoms with van der Waals surface area (Å²) < 4.78 is 5.47. The van der Waals surface area contributed by atoms with Gasteiger partial charge in [-0.25, -0.2) is 0 Å². The molecule has 2 N–H and O–H groups in total. The number of nitrogen functional groups attached to an aromatic ring is 1. The molecule has 18 heavy (non-hydrogen) atoms. The van der Waals surface area contributed by atoms with Crippen LogP contribution in [0.5, 0.6) is 5.75 Å². The van der Waals surface area contributed by atoms with Crippen molar-refractivity contribution in [3.05, 3.63) is 47.5 Å². The number of benzene rings is 2. The van der Waals surface area contributed by atoms with Crippen LogP contribution >= 0.6 is 23.4 Å². The molecule has 0 atom stereocenters. The molecule has 2 nitrogen and oxygen atoms in total. The number of rotatable bonds is 4. The predicted octanol–water partition coefficient (Wildman–Crippen LogP) is 4.47. The van der Waals surface area contributed by atoms with E-state index in [4.69, 9.17) is 22.1 Å². The van der Waals surface area contributed by atoms with Gasteiger partial charge in [0, 0.05) is 14.8 Å². The highest BCUT2D eigenvalue weighted by Crippen LogP contribution is 2.33. The first-order chi connectivity index (χ1) is 8.69. The molecule has 0 aliphatic carbocycles. The van der Waals surface area contributed by atoms with Crippen molar-refractivity contribution in [2.75, 3.05) is 12.3 Å². The Morgan fingerprint density at radius 1 is 1.11 bits per heavy atom. The van der Waals surface area contributed by atoms with Gasteiger partial charge >= 0.3 is 0 Å². The van der Waals surface area contributed by atoms with Crippen molar-refractivity contribution in [2.45, 2.75) is 16.7 Å². The van der Waals surface area contributed by atoms with Gasteiger partial charge in [0.05, 0.1) is 12.3 Å². The smallest absolute Gasteiger partial charge is 0.143 e. The topological polar surface area (TPSA) is 35.2 Å². The fourth-order valence-corrected chi connectivity index (χ4v) is 2.47. The molecular formula is C14H14ClNOS. The highest BCUT2D eigenvalue weighted by Gasteiger charge is 2.03. The van der Waals surface area contributed by atoms with Gasteiger partial charge in [-0.2, -0.15) is 0 Å². The van der Waals surface area contributed by atoms with Crippen molar-refractivity contribution >= 4 is 29.1 Å². The average molecular weight is 280 g/mol. The molecule has 0 heterocycles. The zero-order chi connectivity index (χ0) is 13.0. The van der Waals surface area contributed by atoms with E-state index >= 15 is 0 Å². The van der Waals surface area contributed by atoms with Crippen LogP contribution in [-0.2, 0) is 0 Å². The summed E-state index contributed by atoms with van der Waals surface area (Å²) in [5.41, 5.74) is 6.50. The molecule has 4 heteroatoms. The first-order valence-corrected chi connectivity index (χ1v) is 6.84. The Bertz CT molecular complexity index is 528. The standard InChI is InChI=1S/C14H14ClNOS/c1-2-17-14-9-12(7-8-13(14)16)18-11-5-3-10(15)4-6-11/h3-9H,2,16H2,1H3. The van der Waals surface area contributed by atoms with Crippen molar-refractivity contribution in [1.82, 2.24) is 0 Å². The first kappa shape index (κ1) is 13.1. The lowest BCUT2D eigenvalue weighted by molar-refractivity contribution is 0.341. The fraction of sp³-hybridized carbons (Fsp3) is 0.143. The lowest BCUT2D eigenvalue weighted by Gasteiger charge is -2.09. The normalized spacial score (nSPS) is 10.3. The molecule has 2 aromatic rings. The van der Waals surface area contributed by atoms with Crippen LogP contribution in [0.1, 0.15) is 6.92 Å². The molecule has 0 bridgehead atoms. The minimum Gasteiger partial charge on any atom is -0.492 e. The second-order valence-corrected chi connectivity index (χ2v) is 5.27. The molecule has 0 unspecified atom stereocenters. The number of hydrogen-bond donors (Lipinski definition) is 1. The third kappa shape index (κ3) is 3.34. The largest absolute Gasteiger partial charge is 0.492 e. The molecule has 2 rings (SSSR count). The number of ether oxygens (including phenoxy) is 1. The maximum Gasteiger partial charge on any atom is 0.143 e. The van der Waals surface area contributed by atoms with Crippen LogP contribution in [-0.4, -0.2) is 6.61 Å².